The molecule has 2 aromatic carbocycles. The van der Waals surface area contributed by atoms with Crippen LogP contribution in [0.2, 0.25) is 0 Å². The molecule has 4 aliphatic heterocycles. The quantitative estimate of drug-likeness (QED) is 0.211. The lowest BCUT2D eigenvalue weighted by molar-refractivity contribution is -0.196. The van der Waals surface area contributed by atoms with Gasteiger partial charge in [-0.25, -0.2) is 0 Å². The molecule has 10 nitrogen and oxygen atoms in total. The number of fused-ring (bicyclic) bond motifs is 9. The lowest BCUT2D eigenvalue weighted by Gasteiger charge is -2.59. The Labute approximate surface area is 311 Å². The van der Waals surface area contributed by atoms with Gasteiger partial charge in [-0.05, 0) is 80.2 Å². The van der Waals surface area contributed by atoms with E-state index in [0.717, 1.165) is 77.6 Å². The summed E-state index contributed by atoms with van der Waals surface area (Å²) in [4.78, 5) is 40.4. The maximum absolute atomic E-state index is 14.3. The number of H-pyrrole nitrogens is 2. The Hall–Kier alpha value is -3.86. The molecule has 6 bridgehead atoms. The molecule has 1 saturated carbocycles. The second-order valence-electron chi connectivity index (χ2n) is 16.7. The molecule has 6 heterocycles. The van der Waals surface area contributed by atoms with E-state index in [0.29, 0.717) is 25.3 Å². The van der Waals surface area contributed by atoms with E-state index >= 15 is 0 Å². The van der Waals surface area contributed by atoms with E-state index < -0.39 is 11.6 Å². The third-order valence-corrected chi connectivity index (χ3v) is 14.7. The predicted molar refractivity (Wildman–Crippen MR) is 203 cm³/mol. The summed E-state index contributed by atoms with van der Waals surface area (Å²) < 4.78 is 17.6. The van der Waals surface area contributed by atoms with E-state index in [9.17, 15) is 14.7 Å². The third-order valence-electron chi connectivity index (χ3n) is 14.7. The number of methoxy groups -OCH3 is 3. The lowest BCUT2D eigenvalue weighted by atomic mass is 9.56. The molecule has 0 radical (unpaired) electrons. The first-order valence-electron chi connectivity index (χ1n) is 19.8. The molecule has 3 saturated heterocycles. The highest BCUT2D eigenvalue weighted by molar-refractivity contribution is 5.93. The minimum atomic E-state index is -0.897. The molecule has 53 heavy (non-hydrogen) atoms. The van der Waals surface area contributed by atoms with Gasteiger partial charge in [0.1, 0.15) is 17.4 Å². The van der Waals surface area contributed by atoms with Crippen LogP contribution in [0.1, 0.15) is 79.9 Å². The van der Waals surface area contributed by atoms with Crippen LogP contribution >= 0.6 is 0 Å². The standard InChI is InChI=1S/C43H54N4O6/c1-7-22-15-24-20-43(42(50)53-6)38-26(13-14-47(39(22)43)40(24)48)28-17-29(35(51-4)19-33(28)45-38)30-16-27-23(8-2)21-46(3)34(36(27)41(49)52-5)18-31-25-11-9-10-12-32(25)44-37(30)31/h9-12,17,19,22-24,27,30,34,36,39-40,44-45,48H,7-8,13-16,18,20-21H2,1-6H3/t22-,23+,24+,27-,30-,34-,36-,39-,40+,43+/m0/s1. The summed E-state index contributed by atoms with van der Waals surface area (Å²) in [5.74, 6) is 0.822. The van der Waals surface area contributed by atoms with Gasteiger partial charge in [0.2, 0.25) is 0 Å². The number of carbonyl (C=O) groups is 2. The minimum Gasteiger partial charge on any atom is -0.496 e. The van der Waals surface area contributed by atoms with Crippen molar-refractivity contribution in [3.63, 3.8) is 0 Å². The Morgan fingerprint density at radius 1 is 0.962 bits per heavy atom. The van der Waals surface area contributed by atoms with Gasteiger partial charge in [0.25, 0.3) is 0 Å². The van der Waals surface area contributed by atoms with Crippen LogP contribution in [-0.4, -0.2) is 96.6 Å². The van der Waals surface area contributed by atoms with Gasteiger partial charge >= 0.3 is 11.9 Å². The summed E-state index contributed by atoms with van der Waals surface area (Å²) in [5.41, 5.74) is 6.74. The largest absolute Gasteiger partial charge is 0.496 e. The first-order chi connectivity index (χ1) is 25.7. The molecule has 6 aliphatic rings. The Kier molecular flexibility index (Phi) is 8.48. The monoisotopic (exact) mass is 722 g/mol. The van der Waals surface area contributed by atoms with Gasteiger partial charge < -0.3 is 34.2 Å². The van der Waals surface area contributed by atoms with Crippen LogP contribution in [0.3, 0.4) is 0 Å². The number of aliphatic hydroxyl groups is 1. The summed E-state index contributed by atoms with van der Waals surface area (Å²) in [7, 11) is 6.94. The highest BCUT2D eigenvalue weighted by Gasteiger charge is 2.65. The zero-order valence-electron chi connectivity index (χ0n) is 31.9. The minimum absolute atomic E-state index is 0.00510. The maximum Gasteiger partial charge on any atom is 0.319 e. The number of para-hydroxylation sites is 1. The molecular formula is C43H54N4O6. The molecule has 11 atom stereocenters. The van der Waals surface area contributed by atoms with Crippen molar-refractivity contribution in [2.45, 2.75) is 88.4 Å². The van der Waals surface area contributed by atoms with Crippen molar-refractivity contribution in [1.82, 2.24) is 19.8 Å². The summed E-state index contributed by atoms with van der Waals surface area (Å²) in [5, 5.41) is 13.8. The van der Waals surface area contributed by atoms with Crippen LogP contribution in [0, 0.1) is 29.6 Å². The van der Waals surface area contributed by atoms with Gasteiger partial charge in [-0.15, -0.1) is 0 Å². The molecule has 0 amide bonds. The Balaban J connectivity index is 1.27. The number of nitrogens with one attached hydrogen (secondary N) is 2. The number of hydrogen-bond donors (Lipinski definition) is 3. The van der Waals surface area contributed by atoms with E-state index in [1.54, 1.807) is 7.11 Å². The molecular weight excluding hydrogens is 668 g/mol. The topological polar surface area (TPSA) is 120 Å². The molecule has 10 heteroatoms. The molecule has 4 aromatic rings. The van der Waals surface area contributed by atoms with Gasteiger partial charge in [0.05, 0.1) is 27.2 Å². The van der Waals surface area contributed by atoms with Gasteiger partial charge in [0.15, 0.2) is 0 Å². The molecule has 2 aliphatic carbocycles. The van der Waals surface area contributed by atoms with Crippen molar-refractivity contribution >= 4 is 33.7 Å². The number of piperidine rings is 3. The SMILES string of the molecule is CC[C@@H]1CN(C)[C@H]2Cc3c([nH]c4ccccc34)[C@H](c3cc4c5c([nH]c4cc3OC)[C@]3(C(=O)OC)C[C@H]4C[C@H](CC)[C@@H]3N(CC5)[C@@H]4O)C[C@@H]1[C@@H]2C(=O)OC. The van der Waals surface area contributed by atoms with E-state index in [-0.39, 0.29) is 53.6 Å². The molecule has 10 rings (SSSR count). The summed E-state index contributed by atoms with van der Waals surface area (Å²) >= 11 is 0. The number of hydrogen-bond acceptors (Lipinski definition) is 8. The van der Waals surface area contributed by atoms with Crippen molar-refractivity contribution in [3.05, 3.63) is 64.5 Å². The number of ether oxygens (including phenoxy) is 3. The van der Waals surface area contributed by atoms with Crippen LogP contribution in [0.15, 0.2) is 36.4 Å². The molecule has 3 N–H and O–H groups in total. The average Bonchev–Trinajstić information content (AvgIpc) is 3.69. The normalized spacial score (nSPS) is 34.8. The number of nitrogens with zero attached hydrogens (tertiary/aromatic N) is 2. The lowest BCUT2D eigenvalue weighted by Crippen LogP contribution is -2.70. The summed E-state index contributed by atoms with van der Waals surface area (Å²) in [6.07, 6.45) is 5.05. The van der Waals surface area contributed by atoms with Crippen molar-refractivity contribution in [2.24, 2.45) is 29.6 Å². The van der Waals surface area contributed by atoms with Gasteiger partial charge in [-0.3, -0.25) is 14.5 Å². The highest BCUT2D eigenvalue weighted by Crippen LogP contribution is 2.58. The van der Waals surface area contributed by atoms with E-state index in [4.69, 9.17) is 14.2 Å². The number of aromatic amines is 2. The zero-order chi connectivity index (χ0) is 36.9. The number of rotatable bonds is 6. The average molecular weight is 723 g/mol. The van der Waals surface area contributed by atoms with Crippen LogP contribution < -0.4 is 4.74 Å². The number of benzene rings is 2. The van der Waals surface area contributed by atoms with Crippen molar-refractivity contribution < 1.29 is 28.9 Å². The van der Waals surface area contributed by atoms with Gasteiger partial charge in [-0.2, -0.15) is 0 Å². The van der Waals surface area contributed by atoms with Crippen LogP contribution in [0.25, 0.3) is 21.8 Å². The summed E-state index contributed by atoms with van der Waals surface area (Å²) in [6, 6.07) is 12.8. The van der Waals surface area contributed by atoms with Crippen molar-refractivity contribution in [3.8, 4) is 5.75 Å². The maximum atomic E-state index is 14.3. The third kappa shape index (κ3) is 4.87. The van der Waals surface area contributed by atoms with Crippen LogP contribution in [0.5, 0.6) is 5.75 Å². The number of likely N-dealkylation sites (N-methyl/N-ethyl adjacent to an activating group) is 1. The molecule has 4 fully saturated rings. The Morgan fingerprint density at radius 2 is 1.75 bits per heavy atom. The van der Waals surface area contributed by atoms with E-state index in [2.05, 4.69) is 77.1 Å². The first kappa shape index (κ1) is 34.9. The van der Waals surface area contributed by atoms with Crippen molar-refractivity contribution in [1.29, 1.82) is 0 Å². The number of likely N-dealkylation sites (tertiary alicyclic amines) is 1. The van der Waals surface area contributed by atoms with Crippen molar-refractivity contribution in [2.75, 3.05) is 41.5 Å². The zero-order valence-corrected chi connectivity index (χ0v) is 31.9. The van der Waals surface area contributed by atoms with E-state index in [1.165, 1.54) is 30.9 Å². The fourth-order valence-electron chi connectivity index (χ4n) is 12.4. The second kappa shape index (κ2) is 12.9. The van der Waals surface area contributed by atoms with Crippen LogP contribution in [-0.2, 0) is 37.3 Å². The summed E-state index contributed by atoms with van der Waals surface area (Å²) in [6.45, 7) is 6.05. The van der Waals surface area contributed by atoms with Gasteiger partial charge in [0, 0.05) is 81.8 Å². The highest BCUT2D eigenvalue weighted by atomic mass is 16.5. The Bertz CT molecular complexity index is 2090. The first-order valence-corrected chi connectivity index (χ1v) is 19.8. The number of esters is 2. The molecule has 1 unspecified atom stereocenters. The number of carbonyl (C=O) groups excluding carboxylic acids is 2. The molecule has 282 valence electrons. The fraction of sp³-hybridized carbons (Fsp3) is 0.581. The second-order valence-corrected chi connectivity index (χ2v) is 16.7. The van der Waals surface area contributed by atoms with Gasteiger partial charge in [-0.1, -0.05) is 44.9 Å². The number of aromatic nitrogens is 2. The predicted octanol–water partition coefficient (Wildman–Crippen LogP) is 5.89. The molecule has 2 aromatic heterocycles. The number of aliphatic hydroxyl groups excluding tert-OH is 1. The fourth-order valence-corrected chi connectivity index (χ4v) is 12.4. The molecule has 0 spiro atoms. The van der Waals surface area contributed by atoms with E-state index in [1.807, 2.05) is 0 Å². The van der Waals surface area contributed by atoms with Crippen LogP contribution in [0.4, 0.5) is 0 Å². The Morgan fingerprint density at radius 3 is 2.49 bits per heavy atom. The smallest absolute Gasteiger partial charge is 0.319 e.